The van der Waals surface area contributed by atoms with Crippen LogP contribution in [0.2, 0.25) is 5.02 Å². The molecule has 2 amide bonds. The number of hydrogen-bond acceptors (Lipinski definition) is 3. The highest BCUT2D eigenvalue weighted by atomic mass is 35.5. The first-order chi connectivity index (χ1) is 16.9. The zero-order valence-corrected chi connectivity index (χ0v) is 22.2. The highest BCUT2D eigenvalue weighted by Crippen LogP contribution is 2.20. The van der Waals surface area contributed by atoms with Gasteiger partial charge in [0.15, 0.2) is 0 Å². The van der Waals surface area contributed by atoms with E-state index in [1.54, 1.807) is 16.7 Å². The Morgan fingerprint density at radius 1 is 0.914 bits per heavy atom. The van der Waals surface area contributed by atoms with Gasteiger partial charge in [0.05, 0.1) is 5.75 Å². The summed E-state index contributed by atoms with van der Waals surface area (Å²) in [5.74, 6) is 0.846. The van der Waals surface area contributed by atoms with Crippen LogP contribution in [-0.2, 0) is 28.3 Å². The highest BCUT2D eigenvalue weighted by molar-refractivity contribution is 7.99. The molecule has 0 bridgehead atoms. The molecule has 0 radical (unpaired) electrons. The van der Waals surface area contributed by atoms with E-state index in [9.17, 15) is 9.59 Å². The van der Waals surface area contributed by atoms with E-state index in [1.165, 1.54) is 16.7 Å². The number of nitrogens with zero attached hydrogens (tertiary/aromatic N) is 1. The van der Waals surface area contributed by atoms with Crippen LogP contribution in [0, 0.1) is 13.8 Å². The number of aryl methyl sites for hydroxylation is 2. The third-order valence-electron chi connectivity index (χ3n) is 5.66. The Bertz CT molecular complexity index is 1100. The Labute approximate surface area is 218 Å². The zero-order valence-electron chi connectivity index (χ0n) is 20.6. The second-order valence-corrected chi connectivity index (χ2v) is 10.2. The van der Waals surface area contributed by atoms with E-state index in [0.717, 1.165) is 16.9 Å². The highest BCUT2D eigenvalue weighted by Gasteiger charge is 2.30. The van der Waals surface area contributed by atoms with Gasteiger partial charge in [0.2, 0.25) is 11.8 Å². The summed E-state index contributed by atoms with van der Waals surface area (Å²) >= 11 is 7.65. The molecule has 0 aromatic heterocycles. The molecule has 1 N–H and O–H groups in total. The summed E-state index contributed by atoms with van der Waals surface area (Å²) in [6, 6.07) is 23.1. The summed E-state index contributed by atoms with van der Waals surface area (Å²) in [5, 5.41) is 3.57. The van der Waals surface area contributed by atoms with Crippen molar-refractivity contribution < 1.29 is 9.59 Å². The Hall–Kier alpha value is -2.76. The molecule has 3 aromatic rings. The number of nitrogens with one attached hydrogen (secondary N) is 1. The molecule has 4 nitrogen and oxygen atoms in total. The predicted molar refractivity (Wildman–Crippen MR) is 147 cm³/mol. The standard InChI is InChI=1S/C29H33ClN2O2S/c1-4-31-29(34)27(17-23-8-6-5-7-9-23)32(18-24-10-12-26(30)13-11-24)28(33)20-35-19-25-15-21(2)14-22(3)16-25/h5-16,27H,4,17-20H2,1-3H3,(H,31,34)/t27-/m0/s1. The monoisotopic (exact) mass is 508 g/mol. The number of thioether (sulfide) groups is 1. The molecule has 0 unspecified atom stereocenters. The number of hydrogen-bond donors (Lipinski definition) is 1. The van der Waals surface area contributed by atoms with E-state index in [2.05, 4.69) is 37.4 Å². The van der Waals surface area contributed by atoms with Gasteiger partial charge in [-0.05, 0) is 49.6 Å². The van der Waals surface area contributed by atoms with Gasteiger partial charge in [-0.25, -0.2) is 0 Å². The van der Waals surface area contributed by atoms with E-state index in [-0.39, 0.29) is 11.8 Å². The van der Waals surface area contributed by atoms with Gasteiger partial charge in [-0.3, -0.25) is 9.59 Å². The number of rotatable bonds is 11. The first-order valence-electron chi connectivity index (χ1n) is 11.9. The third kappa shape index (κ3) is 8.44. The van der Waals surface area contributed by atoms with Gasteiger partial charge in [-0.2, -0.15) is 0 Å². The largest absolute Gasteiger partial charge is 0.355 e. The molecule has 0 heterocycles. The lowest BCUT2D eigenvalue weighted by Gasteiger charge is -2.31. The maximum absolute atomic E-state index is 13.6. The van der Waals surface area contributed by atoms with E-state index in [0.29, 0.717) is 30.3 Å². The second kappa shape index (κ2) is 13.4. The molecule has 3 aromatic carbocycles. The van der Waals surface area contributed by atoms with Gasteiger partial charge < -0.3 is 10.2 Å². The number of carbonyl (C=O) groups is 2. The number of halogens is 1. The van der Waals surface area contributed by atoms with Crippen molar-refractivity contribution in [2.75, 3.05) is 12.3 Å². The first kappa shape index (κ1) is 26.8. The van der Waals surface area contributed by atoms with Crippen LogP contribution in [0.25, 0.3) is 0 Å². The van der Waals surface area contributed by atoms with Crippen LogP contribution in [0.15, 0.2) is 72.8 Å². The quantitative estimate of drug-likeness (QED) is 0.347. The van der Waals surface area contributed by atoms with Crippen molar-refractivity contribution in [1.82, 2.24) is 10.2 Å². The lowest BCUT2D eigenvalue weighted by Crippen LogP contribution is -2.51. The molecule has 0 aliphatic heterocycles. The van der Waals surface area contributed by atoms with Gasteiger partial charge in [0.1, 0.15) is 6.04 Å². The Balaban J connectivity index is 1.82. The molecule has 3 rings (SSSR count). The maximum atomic E-state index is 13.6. The van der Waals surface area contributed by atoms with Crippen LogP contribution in [0.4, 0.5) is 0 Å². The average molecular weight is 509 g/mol. The lowest BCUT2D eigenvalue weighted by atomic mass is 10.0. The Kier molecular flexibility index (Phi) is 10.2. The fourth-order valence-corrected chi connectivity index (χ4v) is 5.09. The van der Waals surface area contributed by atoms with Crippen molar-refractivity contribution in [1.29, 1.82) is 0 Å². The number of amides is 2. The van der Waals surface area contributed by atoms with Gasteiger partial charge >= 0.3 is 0 Å². The van der Waals surface area contributed by atoms with Gasteiger partial charge in [0, 0.05) is 30.3 Å². The van der Waals surface area contributed by atoms with Gasteiger partial charge in [-0.15, -0.1) is 11.8 Å². The van der Waals surface area contributed by atoms with Crippen molar-refractivity contribution in [2.45, 2.75) is 45.5 Å². The van der Waals surface area contributed by atoms with Crippen molar-refractivity contribution in [3.8, 4) is 0 Å². The van der Waals surface area contributed by atoms with Crippen LogP contribution >= 0.6 is 23.4 Å². The number of carbonyl (C=O) groups excluding carboxylic acids is 2. The molecule has 0 spiro atoms. The molecular weight excluding hydrogens is 476 g/mol. The van der Waals surface area contributed by atoms with Crippen molar-refractivity contribution in [3.05, 3.63) is 106 Å². The van der Waals surface area contributed by atoms with Gasteiger partial charge in [-0.1, -0.05) is 83.4 Å². The first-order valence-corrected chi connectivity index (χ1v) is 13.4. The number of benzene rings is 3. The second-order valence-electron chi connectivity index (χ2n) is 8.74. The molecule has 0 aliphatic rings. The summed E-state index contributed by atoms with van der Waals surface area (Å²) in [7, 11) is 0. The molecule has 0 fully saturated rings. The third-order valence-corrected chi connectivity index (χ3v) is 6.90. The van der Waals surface area contributed by atoms with Crippen LogP contribution < -0.4 is 5.32 Å². The van der Waals surface area contributed by atoms with Crippen molar-refractivity contribution >= 4 is 35.2 Å². The van der Waals surface area contributed by atoms with Crippen LogP contribution in [0.3, 0.4) is 0 Å². The molecule has 0 saturated heterocycles. The van der Waals surface area contributed by atoms with Gasteiger partial charge in [0.25, 0.3) is 0 Å². The Morgan fingerprint density at radius 2 is 1.57 bits per heavy atom. The molecule has 0 aliphatic carbocycles. The minimum atomic E-state index is -0.609. The van der Waals surface area contributed by atoms with E-state index < -0.39 is 6.04 Å². The molecule has 6 heteroatoms. The Morgan fingerprint density at radius 3 is 2.20 bits per heavy atom. The summed E-state index contributed by atoms with van der Waals surface area (Å²) in [6.45, 7) is 6.91. The smallest absolute Gasteiger partial charge is 0.243 e. The maximum Gasteiger partial charge on any atom is 0.243 e. The minimum absolute atomic E-state index is 0.0542. The topological polar surface area (TPSA) is 49.4 Å². The zero-order chi connectivity index (χ0) is 25.2. The molecule has 0 saturated carbocycles. The summed E-state index contributed by atoms with van der Waals surface area (Å²) in [4.78, 5) is 28.5. The summed E-state index contributed by atoms with van der Waals surface area (Å²) < 4.78 is 0. The molecule has 1 atom stereocenters. The average Bonchev–Trinajstić information content (AvgIpc) is 2.82. The van der Waals surface area contributed by atoms with Crippen LogP contribution in [0.5, 0.6) is 0 Å². The summed E-state index contributed by atoms with van der Waals surface area (Å²) in [5.41, 5.74) is 5.59. The summed E-state index contributed by atoms with van der Waals surface area (Å²) in [6.07, 6.45) is 0.452. The lowest BCUT2D eigenvalue weighted by molar-refractivity contribution is -0.139. The van der Waals surface area contributed by atoms with E-state index in [1.807, 2.05) is 61.5 Å². The molecular formula is C29H33ClN2O2S. The number of likely N-dealkylation sites (N-methyl/N-ethyl adjacent to an activating group) is 1. The fourth-order valence-electron chi connectivity index (χ4n) is 4.12. The van der Waals surface area contributed by atoms with Crippen molar-refractivity contribution in [2.24, 2.45) is 0 Å². The molecule has 35 heavy (non-hydrogen) atoms. The van der Waals surface area contributed by atoms with E-state index >= 15 is 0 Å². The fraction of sp³-hybridized carbons (Fsp3) is 0.310. The minimum Gasteiger partial charge on any atom is -0.355 e. The predicted octanol–water partition coefficient (Wildman–Crippen LogP) is 5.97. The molecule has 184 valence electrons. The van der Waals surface area contributed by atoms with E-state index in [4.69, 9.17) is 11.6 Å². The van der Waals surface area contributed by atoms with Crippen LogP contribution in [-0.4, -0.2) is 35.1 Å². The SMILES string of the molecule is CCNC(=O)[C@H](Cc1ccccc1)N(Cc1ccc(Cl)cc1)C(=O)CSCc1cc(C)cc(C)c1. The van der Waals surface area contributed by atoms with Crippen LogP contribution in [0.1, 0.15) is 34.7 Å². The normalized spacial score (nSPS) is 11.7. The van der Waals surface area contributed by atoms with Crippen molar-refractivity contribution in [3.63, 3.8) is 0 Å².